The molecule has 0 heterocycles. The molecule has 0 spiro atoms. The molecular formula is C16H19BrN2. The Labute approximate surface area is 123 Å². The Morgan fingerprint density at radius 2 is 1.89 bits per heavy atom. The van der Waals surface area contributed by atoms with Gasteiger partial charge in [-0.1, -0.05) is 34.1 Å². The summed E-state index contributed by atoms with van der Waals surface area (Å²) in [7, 11) is 2.12. The smallest absolute Gasteiger partial charge is 0.0366 e. The van der Waals surface area contributed by atoms with E-state index < -0.39 is 0 Å². The number of hydrogen-bond donors (Lipinski definition) is 1. The molecule has 2 rings (SSSR count). The van der Waals surface area contributed by atoms with Crippen LogP contribution in [-0.2, 0) is 0 Å². The first-order chi connectivity index (χ1) is 9.15. The fraction of sp³-hybridized carbons (Fsp3) is 0.250. The number of nitrogens with zero attached hydrogens (tertiary/aromatic N) is 1. The molecule has 0 bridgehead atoms. The van der Waals surface area contributed by atoms with E-state index in [0.29, 0.717) is 0 Å². The molecule has 0 radical (unpaired) electrons. The molecule has 0 aliphatic carbocycles. The number of aryl methyl sites for hydroxylation is 1. The van der Waals surface area contributed by atoms with Gasteiger partial charge in [0, 0.05) is 36.0 Å². The fourth-order valence-corrected chi connectivity index (χ4v) is 2.36. The van der Waals surface area contributed by atoms with Crippen LogP contribution < -0.4 is 10.2 Å². The van der Waals surface area contributed by atoms with E-state index in [-0.39, 0.29) is 0 Å². The maximum atomic E-state index is 3.48. The average Bonchev–Trinajstić information content (AvgIpc) is 2.38. The van der Waals surface area contributed by atoms with Crippen molar-refractivity contribution in [1.82, 2.24) is 0 Å². The van der Waals surface area contributed by atoms with Crippen molar-refractivity contribution in [3.8, 4) is 0 Å². The van der Waals surface area contributed by atoms with E-state index in [4.69, 9.17) is 0 Å². The van der Waals surface area contributed by atoms with Crippen LogP contribution in [-0.4, -0.2) is 20.1 Å². The minimum atomic E-state index is 0.918. The number of hydrogen-bond acceptors (Lipinski definition) is 2. The van der Waals surface area contributed by atoms with Crippen molar-refractivity contribution in [2.24, 2.45) is 0 Å². The van der Waals surface area contributed by atoms with Gasteiger partial charge in [-0.25, -0.2) is 0 Å². The summed E-state index contributed by atoms with van der Waals surface area (Å²) in [6.45, 7) is 4.01. The highest BCUT2D eigenvalue weighted by Crippen LogP contribution is 2.16. The van der Waals surface area contributed by atoms with Crippen molar-refractivity contribution in [1.29, 1.82) is 0 Å². The van der Waals surface area contributed by atoms with Crippen molar-refractivity contribution < 1.29 is 0 Å². The van der Waals surface area contributed by atoms with Crippen molar-refractivity contribution in [3.05, 3.63) is 58.6 Å². The summed E-state index contributed by atoms with van der Waals surface area (Å²) in [4.78, 5) is 2.26. The van der Waals surface area contributed by atoms with Gasteiger partial charge in [-0.05, 0) is 42.8 Å². The molecular weight excluding hydrogens is 300 g/mol. The van der Waals surface area contributed by atoms with Crippen LogP contribution in [0.25, 0.3) is 0 Å². The van der Waals surface area contributed by atoms with Gasteiger partial charge in [0.05, 0.1) is 0 Å². The molecule has 2 aromatic carbocycles. The van der Waals surface area contributed by atoms with E-state index in [1.807, 2.05) is 12.1 Å². The molecule has 0 aromatic heterocycles. The van der Waals surface area contributed by atoms with Gasteiger partial charge in [-0.2, -0.15) is 0 Å². The molecule has 0 unspecified atom stereocenters. The van der Waals surface area contributed by atoms with Gasteiger partial charge in [0.15, 0.2) is 0 Å². The standard InChI is InChI=1S/C16H19BrN2/c1-13-5-3-8-16(11-13)19(2)10-9-18-15-7-4-6-14(17)12-15/h3-8,11-12,18H,9-10H2,1-2H3. The molecule has 0 atom stereocenters. The van der Waals surface area contributed by atoms with Crippen molar-refractivity contribution in [3.63, 3.8) is 0 Å². The van der Waals surface area contributed by atoms with E-state index in [1.54, 1.807) is 0 Å². The number of anilines is 2. The molecule has 19 heavy (non-hydrogen) atoms. The first-order valence-electron chi connectivity index (χ1n) is 6.42. The molecule has 1 N–H and O–H groups in total. The molecule has 0 aliphatic heterocycles. The fourth-order valence-electron chi connectivity index (χ4n) is 1.96. The third-order valence-corrected chi connectivity index (χ3v) is 3.54. The molecule has 3 heteroatoms. The highest BCUT2D eigenvalue weighted by atomic mass is 79.9. The largest absolute Gasteiger partial charge is 0.383 e. The van der Waals surface area contributed by atoms with E-state index in [1.165, 1.54) is 11.3 Å². The number of likely N-dealkylation sites (N-methyl/N-ethyl adjacent to an activating group) is 1. The molecule has 2 nitrogen and oxygen atoms in total. The molecule has 2 aromatic rings. The zero-order valence-corrected chi connectivity index (χ0v) is 12.9. The van der Waals surface area contributed by atoms with E-state index in [2.05, 4.69) is 76.5 Å². The zero-order valence-electron chi connectivity index (χ0n) is 11.4. The summed E-state index contributed by atoms with van der Waals surface area (Å²) in [5.74, 6) is 0. The van der Waals surface area contributed by atoms with Crippen LogP contribution in [0.3, 0.4) is 0 Å². The van der Waals surface area contributed by atoms with Gasteiger partial charge >= 0.3 is 0 Å². The average molecular weight is 319 g/mol. The van der Waals surface area contributed by atoms with Gasteiger partial charge in [-0.15, -0.1) is 0 Å². The highest BCUT2D eigenvalue weighted by molar-refractivity contribution is 9.10. The lowest BCUT2D eigenvalue weighted by molar-refractivity contribution is 0.914. The van der Waals surface area contributed by atoms with E-state index in [9.17, 15) is 0 Å². The second-order valence-electron chi connectivity index (χ2n) is 4.70. The van der Waals surface area contributed by atoms with Gasteiger partial charge < -0.3 is 10.2 Å². The van der Waals surface area contributed by atoms with E-state index >= 15 is 0 Å². The number of rotatable bonds is 5. The lowest BCUT2D eigenvalue weighted by Gasteiger charge is -2.20. The molecule has 0 aliphatic rings. The Bertz CT molecular complexity index is 540. The normalized spacial score (nSPS) is 10.3. The first kappa shape index (κ1) is 13.9. The number of benzene rings is 2. The van der Waals surface area contributed by atoms with Crippen LogP contribution >= 0.6 is 15.9 Å². The van der Waals surface area contributed by atoms with Crippen LogP contribution in [0.1, 0.15) is 5.56 Å². The minimum Gasteiger partial charge on any atom is -0.383 e. The van der Waals surface area contributed by atoms with Crippen molar-refractivity contribution in [2.75, 3.05) is 30.4 Å². The Morgan fingerprint density at radius 1 is 1.11 bits per heavy atom. The van der Waals surface area contributed by atoms with Crippen LogP contribution in [0.4, 0.5) is 11.4 Å². The summed E-state index contributed by atoms with van der Waals surface area (Å²) in [5.41, 5.74) is 3.70. The van der Waals surface area contributed by atoms with Crippen LogP contribution in [0.2, 0.25) is 0 Å². The van der Waals surface area contributed by atoms with Crippen LogP contribution in [0.5, 0.6) is 0 Å². The Hall–Kier alpha value is -1.48. The van der Waals surface area contributed by atoms with Gasteiger partial charge in [-0.3, -0.25) is 0 Å². The second kappa shape index (κ2) is 6.62. The maximum absolute atomic E-state index is 3.48. The third kappa shape index (κ3) is 4.28. The van der Waals surface area contributed by atoms with Gasteiger partial charge in [0.1, 0.15) is 0 Å². The quantitative estimate of drug-likeness (QED) is 0.883. The molecule has 100 valence electrons. The summed E-state index contributed by atoms with van der Waals surface area (Å²) in [5, 5.41) is 3.43. The van der Waals surface area contributed by atoms with Crippen LogP contribution in [0.15, 0.2) is 53.0 Å². The first-order valence-corrected chi connectivity index (χ1v) is 7.22. The van der Waals surface area contributed by atoms with Gasteiger partial charge in [0.25, 0.3) is 0 Å². The summed E-state index contributed by atoms with van der Waals surface area (Å²) < 4.78 is 1.10. The minimum absolute atomic E-state index is 0.918. The maximum Gasteiger partial charge on any atom is 0.0366 e. The highest BCUT2D eigenvalue weighted by Gasteiger charge is 2.00. The second-order valence-corrected chi connectivity index (χ2v) is 5.61. The summed E-state index contributed by atoms with van der Waals surface area (Å²) >= 11 is 3.48. The van der Waals surface area contributed by atoms with Crippen molar-refractivity contribution >= 4 is 27.3 Å². The lowest BCUT2D eigenvalue weighted by atomic mass is 10.2. The lowest BCUT2D eigenvalue weighted by Crippen LogP contribution is -2.24. The number of nitrogens with one attached hydrogen (secondary N) is 1. The predicted octanol–water partition coefficient (Wildman–Crippen LogP) is 4.31. The SMILES string of the molecule is Cc1cccc(N(C)CCNc2cccc(Br)c2)c1. The summed E-state index contributed by atoms with van der Waals surface area (Å²) in [6.07, 6.45) is 0. The Kier molecular flexibility index (Phi) is 4.86. The van der Waals surface area contributed by atoms with Gasteiger partial charge in [0.2, 0.25) is 0 Å². The Balaban J connectivity index is 1.85. The topological polar surface area (TPSA) is 15.3 Å². The molecule has 0 amide bonds. The molecule has 0 fully saturated rings. The van der Waals surface area contributed by atoms with Crippen LogP contribution in [0, 0.1) is 6.92 Å². The molecule has 0 saturated heterocycles. The molecule has 0 saturated carbocycles. The summed E-state index contributed by atoms with van der Waals surface area (Å²) in [6, 6.07) is 16.8. The Morgan fingerprint density at radius 3 is 2.63 bits per heavy atom. The van der Waals surface area contributed by atoms with Crippen molar-refractivity contribution in [2.45, 2.75) is 6.92 Å². The monoisotopic (exact) mass is 318 g/mol. The third-order valence-electron chi connectivity index (χ3n) is 3.04. The predicted molar refractivity (Wildman–Crippen MR) is 87.1 cm³/mol. The zero-order chi connectivity index (χ0) is 13.7. The number of halogens is 1. The van der Waals surface area contributed by atoms with E-state index in [0.717, 1.165) is 23.2 Å².